The highest BCUT2D eigenvalue weighted by Gasteiger charge is 2.25. The van der Waals surface area contributed by atoms with E-state index in [0.717, 1.165) is 10.6 Å². The monoisotopic (exact) mass is 338 g/mol. The largest absolute Gasteiger partial charge is 0.480 e. The summed E-state index contributed by atoms with van der Waals surface area (Å²) in [6.07, 6.45) is 0.699. The molecule has 7 heteroatoms. The van der Waals surface area contributed by atoms with E-state index in [1.54, 1.807) is 28.8 Å². The number of nitrogens with zero attached hydrogens (tertiary/aromatic N) is 2. The van der Waals surface area contributed by atoms with Crippen LogP contribution in [-0.4, -0.2) is 39.7 Å². The number of aliphatic carboxylic acids is 1. The maximum absolute atomic E-state index is 13.5. The van der Waals surface area contributed by atoms with Crippen molar-refractivity contribution in [3.05, 3.63) is 51.2 Å². The average molecular weight is 338 g/mol. The molecule has 2 N–H and O–H groups in total. The van der Waals surface area contributed by atoms with Crippen LogP contribution in [-0.2, 0) is 17.8 Å². The summed E-state index contributed by atoms with van der Waals surface area (Å²) in [6, 6.07) is 3.15. The summed E-state index contributed by atoms with van der Waals surface area (Å²) in [6.45, 7) is 2.00. The topological polar surface area (TPSA) is 73.7 Å². The fourth-order valence-corrected chi connectivity index (χ4v) is 3.22. The summed E-state index contributed by atoms with van der Waals surface area (Å²) in [4.78, 5) is 18.7. The van der Waals surface area contributed by atoms with Crippen molar-refractivity contribution in [2.75, 3.05) is 13.6 Å². The Morgan fingerprint density at radius 2 is 2.22 bits per heavy atom. The molecule has 0 bridgehead atoms. The van der Waals surface area contributed by atoms with Gasteiger partial charge in [0.2, 0.25) is 0 Å². The second-order valence-electron chi connectivity index (χ2n) is 5.34. The summed E-state index contributed by atoms with van der Waals surface area (Å²) in [7, 11) is 1.72. The van der Waals surface area contributed by atoms with Crippen LogP contribution in [0.5, 0.6) is 0 Å². The molecule has 0 aliphatic rings. The number of carbonyl (C=O) groups is 1. The third-order valence-corrected chi connectivity index (χ3v) is 4.76. The predicted octanol–water partition coefficient (Wildman–Crippen LogP) is 2.38. The van der Waals surface area contributed by atoms with Gasteiger partial charge in [-0.25, -0.2) is 9.37 Å². The van der Waals surface area contributed by atoms with E-state index in [1.807, 2.05) is 6.92 Å². The molecule has 1 aromatic carbocycles. The first-order chi connectivity index (χ1) is 10.9. The summed E-state index contributed by atoms with van der Waals surface area (Å²) in [5, 5.41) is 18.7. The Kier molecular flexibility index (Phi) is 5.81. The third kappa shape index (κ3) is 4.13. The minimum Gasteiger partial charge on any atom is -0.480 e. The van der Waals surface area contributed by atoms with Gasteiger partial charge in [0.1, 0.15) is 11.9 Å². The van der Waals surface area contributed by atoms with Gasteiger partial charge in [-0.2, -0.15) is 0 Å². The summed E-state index contributed by atoms with van der Waals surface area (Å²) >= 11 is 1.55. The Bertz CT molecular complexity index is 690. The van der Waals surface area contributed by atoms with Gasteiger partial charge in [-0.15, -0.1) is 11.3 Å². The fourth-order valence-electron chi connectivity index (χ4n) is 2.44. The van der Waals surface area contributed by atoms with E-state index in [1.165, 1.54) is 18.2 Å². The first-order valence-electron chi connectivity index (χ1n) is 7.15. The van der Waals surface area contributed by atoms with Crippen molar-refractivity contribution in [2.45, 2.75) is 26.0 Å². The lowest BCUT2D eigenvalue weighted by atomic mass is 10.0. The summed E-state index contributed by atoms with van der Waals surface area (Å²) in [5.74, 6) is -1.55. The molecule has 1 atom stereocenters. The van der Waals surface area contributed by atoms with Gasteiger partial charge in [0, 0.05) is 17.0 Å². The molecule has 0 aliphatic carbocycles. The van der Waals surface area contributed by atoms with E-state index in [4.69, 9.17) is 5.11 Å². The van der Waals surface area contributed by atoms with Gasteiger partial charge in [-0.1, -0.05) is 6.07 Å². The number of carboxylic acid groups (broad SMARTS) is 1. The molecular formula is C16H19FN2O3S. The van der Waals surface area contributed by atoms with Gasteiger partial charge >= 0.3 is 5.97 Å². The number of likely N-dealkylation sites (N-methyl/N-ethyl adjacent to an activating group) is 1. The van der Waals surface area contributed by atoms with Crippen molar-refractivity contribution in [2.24, 2.45) is 0 Å². The standard InChI is InChI=1S/C16H19FN2O3S/c1-10-14(23-9-18-10)5-6-19(2)15(16(21)22)11-3-4-13(17)12(7-11)8-20/h3-4,7,9,15,20H,5-6,8H2,1-2H3,(H,21,22). The van der Waals surface area contributed by atoms with Crippen LogP contribution in [0.25, 0.3) is 0 Å². The van der Waals surface area contributed by atoms with Crippen LogP contribution in [0.2, 0.25) is 0 Å². The molecule has 0 aliphatic heterocycles. The zero-order valence-electron chi connectivity index (χ0n) is 13.0. The van der Waals surface area contributed by atoms with Crippen LogP contribution >= 0.6 is 11.3 Å². The molecule has 1 heterocycles. The van der Waals surface area contributed by atoms with Gasteiger partial charge < -0.3 is 10.2 Å². The minimum atomic E-state index is -1.01. The number of aliphatic hydroxyl groups excluding tert-OH is 1. The highest BCUT2D eigenvalue weighted by molar-refractivity contribution is 7.09. The van der Waals surface area contributed by atoms with Crippen LogP contribution in [0.4, 0.5) is 4.39 Å². The van der Waals surface area contributed by atoms with Gasteiger partial charge in [-0.05, 0) is 38.1 Å². The van der Waals surface area contributed by atoms with E-state index in [2.05, 4.69) is 4.98 Å². The highest BCUT2D eigenvalue weighted by atomic mass is 32.1. The second kappa shape index (κ2) is 7.63. The Morgan fingerprint density at radius 3 is 2.78 bits per heavy atom. The quantitative estimate of drug-likeness (QED) is 0.811. The lowest BCUT2D eigenvalue weighted by molar-refractivity contribution is -0.143. The number of hydrogen-bond acceptors (Lipinski definition) is 5. The molecule has 1 aromatic heterocycles. The maximum Gasteiger partial charge on any atom is 0.325 e. The second-order valence-corrected chi connectivity index (χ2v) is 6.28. The molecule has 2 aromatic rings. The van der Waals surface area contributed by atoms with Crippen molar-refractivity contribution < 1.29 is 19.4 Å². The number of aromatic nitrogens is 1. The first kappa shape index (κ1) is 17.5. The lowest BCUT2D eigenvalue weighted by Gasteiger charge is -2.25. The van der Waals surface area contributed by atoms with E-state index in [0.29, 0.717) is 18.5 Å². The molecule has 0 spiro atoms. The first-order valence-corrected chi connectivity index (χ1v) is 8.03. The number of carboxylic acids is 1. The van der Waals surface area contributed by atoms with Gasteiger partial charge in [-0.3, -0.25) is 9.69 Å². The normalized spacial score (nSPS) is 12.6. The van der Waals surface area contributed by atoms with Crippen molar-refractivity contribution in [3.8, 4) is 0 Å². The minimum absolute atomic E-state index is 0.0976. The maximum atomic E-state index is 13.5. The summed E-state index contributed by atoms with van der Waals surface area (Å²) < 4.78 is 13.5. The van der Waals surface area contributed by atoms with E-state index < -0.39 is 24.4 Å². The zero-order chi connectivity index (χ0) is 17.0. The molecule has 0 fully saturated rings. The molecule has 23 heavy (non-hydrogen) atoms. The number of halogens is 1. The fraction of sp³-hybridized carbons (Fsp3) is 0.375. The number of aryl methyl sites for hydroxylation is 1. The van der Waals surface area contributed by atoms with E-state index >= 15 is 0 Å². The Hall–Kier alpha value is -1.83. The zero-order valence-corrected chi connectivity index (χ0v) is 13.8. The van der Waals surface area contributed by atoms with E-state index in [9.17, 15) is 14.3 Å². The number of thiazole rings is 1. The number of hydrogen-bond donors (Lipinski definition) is 2. The van der Waals surface area contributed by atoms with Crippen LogP contribution in [0.3, 0.4) is 0 Å². The van der Waals surface area contributed by atoms with Gasteiger partial charge in [0.25, 0.3) is 0 Å². The van der Waals surface area contributed by atoms with Crippen molar-refractivity contribution in [1.29, 1.82) is 0 Å². The van der Waals surface area contributed by atoms with Crippen LogP contribution < -0.4 is 0 Å². The molecular weight excluding hydrogens is 319 g/mol. The molecule has 0 amide bonds. The third-order valence-electron chi connectivity index (χ3n) is 3.77. The highest BCUT2D eigenvalue weighted by Crippen LogP contribution is 2.23. The Balaban J connectivity index is 2.17. The van der Waals surface area contributed by atoms with Gasteiger partial charge in [0.05, 0.1) is 17.8 Å². The van der Waals surface area contributed by atoms with Crippen molar-refractivity contribution in [3.63, 3.8) is 0 Å². The number of aliphatic hydroxyl groups is 1. The average Bonchev–Trinajstić information content (AvgIpc) is 2.92. The predicted molar refractivity (Wildman–Crippen MR) is 85.9 cm³/mol. The Morgan fingerprint density at radius 1 is 1.48 bits per heavy atom. The summed E-state index contributed by atoms with van der Waals surface area (Å²) in [5.41, 5.74) is 3.28. The molecule has 2 rings (SSSR count). The molecule has 0 saturated heterocycles. The Labute approximate surface area is 138 Å². The van der Waals surface area contributed by atoms with E-state index in [-0.39, 0.29) is 5.56 Å². The van der Waals surface area contributed by atoms with Crippen LogP contribution in [0.1, 0.15) is 27.7 Å². The molecule has 1 unspecified atom stereocenters. The lowest BCUT2D eigenvalue weighted by Crippen LogP contribution is -2.32. The molecule has 0 radical (unpaired) electrons. The SMILES string of the molecule is Cc1ncsc1CCN(C)C(C(=O)O)c1ccc(F)c(CO)c1. The smallest absolute Gasteiger partial charge is 0.325 e. The number of rotatable bonds is 7. The molecule has 5 nitrogen and oxygen atoms in total. The number of benzene rings is 1. The van der Waals surface area contributed by atoms with Crippen molar-refractivity contribution >= 4 is 17.3 Å². The molecule has 0 saturated carbocycles. The van der Waals surface area contributed by atoms with Crippen molar-refractivity contribution in [1.82, 2.24) is 9.88 Å². The van der Waals surface area contributed by atoms with Gasteiger partial charge in [0.15, 0.2) is 0 Å². The molecule has 124 valence electrons. The van der Waals surface area contributed by atoms with Crippen LogP contribution in [0, 0.1) is 12.7 Å². The van der Waals surface area contributed by atoms with Crippen LogP contribution in [0.15, 0.2) is 23.7 Å².